The maximum absolute atomic E-state index is 12.5. The lowest BCUT2D eigenvalue weighted by molar-refractivity contribution is -0.840. The van der Waals surface area contributed by atoms with E-state index in [1.54, 1.807) is 14.1 Å². The topological polar surface area (TPSA) is 52.2 Å². The summed E-state index contributed by atoms with van der Waals surface area (Å²) in [6, 6.07) is 0. The van der Waals surface area contributed by atoms with Crippen molar-refractivity contribution in [1.82, 2.24) is 5.32 Å². The number of carbonyl (C=O) groups excluding carboxylic acids is 1. The Balaban J connectivity index is 1.81. The van der Waals surface area contributed by atoms with Crippen LogP contribution in [0.3, 0.4) is 0 Å². The Morgan fingerprint density at radius 3 is 1.96 bits per heavy atom. The van der Waals surface area contributed by atoms with Gasteiger partial charge < -0.3 is 15.2 Å². The summed E-state index contributed by atoms with van der Waals surface area (Å²) in [5.74, 6) is 2.35. The fraction of sp³-hybridized carbons (Fsp3) is 0.950. The van der Waals surface area contributed by atoms with Crippen molar-refractivity contribution in [3.63, 3.8) is 0 Å². The molecule has 0 bridgehead atoms. The molecule has 2 fully saturated rings. The highest BCUT2D eigenvalue weighted by atomic mass is 16.5. The maximum atomic E-state index is 12.5. The monoisotopic (exact) mass is 338 g/mol. The summed E-state index contributed by atoms with van der Waals surface area (Å²) < 4.78 is -0.275. The van der Waals surface area contributed by atoms with Crippen LogP contribution in [0.4, 0.5) is 0 Å². The summed E-state index contributed by atoms with van der Waals surface area (Å²) >= 11 is 0. The van der Waals surface area contributed by atoms with E-state index in [0.29, 0.717) is 25.4 Å². The molecular formula is C20H38N2O2. The zero-order valence-electron chi connectivity index (χ0n) is 15.9. The number of hydrogen-bond donors (Lipinski definition) is 1. The van der Waals surface area contributed by atoms with Crippen LogP contribution in [0.5, 0.6) is 0 Å². The fourth-order valence-corrected chi connectivity index (χ4v) is 4.82. The summed E-state index contributed by atoms with van der Waals surface area (Å²) in [4.78, 5) is 12.5. The van der Waals surface area contributed by atoms with Gasteiger partial charge in [-0.3, -0.25) is 4.79 Å². The van der Waals surface area contributed by atoms with E-state index in [-0.39, 0.29) is 10.6 Å². The predicted molar refractivity (Wildman–Crippen MR) is 99.2 cm³/mol. The van der Waals surface area contributed by atoms with E-state index in [2.05, 4.69) is 5.32 Å². The highest BCUT2D eigenvalue weighted by Gasteiger charge is 2.32. The number of quaternary nitrogens is 1. The zero-order valence-corrected chi connectivity index (χ0v) is 15.9. The number of carbonyl (C=O) groups is 1. The van der Waals surface area contributed by atoms with Crippen LogP contribution in [-0.2, 0) is 4.79 Å². The van der Waals surface area contributed by atoms with Crippen LogP contribution in [0.15, 0.2) is 0 Å². The Bertz CT molecular complexity index is 348. The molecule has 0 unspecified atom stereocenters. The molecular weight excluding hydrogens is 300 g/mol. The Morgan fingerprint density at radius 1 is 1.00 bits per heavy atom. The molecule has 1 amide bonds. The summed E-state index contributed by atoms with van der Waals surface area (Å²) in [6.07, 6.45) is 15.0. The smallest absolute Gasteiger partial charge is 0.220 e. The molecule has 0 heterocycles. The molecule has 0 atom stereocenters. The molecule has 0 aromatic rings. The Morgan fingerprint density at radius 2 is 1.50 bits per heavy atom. The van der Waals surface area contributed by atoms with Crippen LogP contribution in [0.2, 0.25) is 0 Å². The number of nitrogens with zero attached hydrogens (tertiary/aromatic N) is 1. The van der Waals surface area contributed by atoms with Crippen molar-refractivity contribution in [2.24, 2.45) is 17.8 Å². The van der Waals surface area contributed by atoms with E-state index in [9.17, 15) is 10.0 Å². The van der Waals surface area contributed by atoms with E-state index in [4.69, 9.17) is 0 Å². The van der Waals surface area contributed by atoms with Gasteiger partial charge in [0.2, 0.25) is 5.91 Å². The number of rotatable bonds is 8. The summed E-state index contributed by atoms with van der Waals surface area (Å²) in [5, 5.41) is 14.6. The molecule has 2 rings (SSSR count). The van der Waals surface area contributed by atoms with Crippen LogP contribution in [-0.4, -0.2) is 37.7 Å². The van der Waals surface area contributed by atoms with Crippen LogP contribution in [0.1, 0.15) is 77.0 Å². The highest BCUT2D eigenvalue weighted by Crippen LogP contribution is 2.41. The van der Waals surface area contributed by atoms with Gasteiger partial charge in [-0.2, -0.15) is 0 Å². The quantitative estimate of drug-likeness (QED) is 0.409. The van der Waals surface area contributed by atoms with Crippen LogP contribution in [0, 0.1) is 23.0 Å². The van der Waals surface area contributed by atoms with Gasteiger partial charge in [0.1, 0.15) is 0 Å². The molecule has 2 aliphatic rings. The van der Waals surface area contributed by atoms with Crippen LogP contribution >= 0.6 is 0 Å². The molecule has 0 aliphatic heterocycles. The first-order valence-electron chi connectivity index (χ1n) is 10.3. The van der Waals surface area contributed by atoms with E-state index in [1.165, 1.54) is 64.2 Å². The third kappa shape index (κ3) is 7.10. The Labute approximate surface area is 148 Å². The van der Waals surface area contributed by atoms with E-state index < -0.39 is 0 Å². The van der Waals surface area contributed by atoms with Crippen molar-refractivity contribution in [1.29, 1.82) is 0 Å². The van der Waals surface area contributed by atoms with Gasteiger partial charge in [-0.1, -0.05) is 64.2 Å². The van der Waals surface area contributed by atoms with E-state index >= 15 is 0 Å². The molecule has 0 saturated heterocycles. The zero-order chi connectivity index (χ0) is 17.4. The van der Waals surface area contributed by atoms with Crippen LogP contribution in [0.25, 0.3) is 0 Å². The average molecular weight is 339 g/mol. The van der Waals surface area contributed by atoms with Gasteiger partial charge in [0, 0.05) is 19.4 Å². The molecule has 1 N–H and O–H groups in total. The minimum atomic E-state index is -0.275. The Hall–Kier alpha value is -0.610. The summed E-state index contributed by atoms with van der Waals surface area (Å²) in [6.45, 7) is 1.21. The van der Waals surface area contributed by atoms with Crippen molar-refractivity contribution < 1.29 is 9.44 Å². The van der Waals surface area contributed by atoms with Crippen molar-refractivity contribution in [2.75, 3.05) is 27.2 Å². The Kier molecular flexibility index (Phi) is 8.02. The molecule has 0 aromatic carbocycles. The lowest BCUT2D eigenvalue weighted by Gasteiger charge is -2.37. The number of hydrogen-bond acceptors (Lipinski definition) is 2. The van der Waals surface area contributed by atoms with Gasteiger partial charge in [0.25, 0.3) is 0 Å². The van der Waals surface area contributed by atoms with Gasteiger partial charge in [-0.25, -0.2) is 0 Å². The maximum Gasteiger partial charge on any atom is 0.220 e. The van der Waals surface area contributed by atoms with E-state index in [0.717, 1.165) is 18.3 Å². The lowest BCUT2D eigenvalue weighted by atomic mass is 9.68. The molecule has 0 spiro atoms. The molecule has 4 heteroatoms. The minimum absolute atomic E-state index is 0.215. The van der Waals surface area contributed by atoms with Crippen LogP contribution < -0.4 is 5.32 Å². The average Bonchev–Trinajstić information content (AvgIpc) is 2.57. The predicted octanol–water partition coefficient (Wildman–Crippen LogP) is 4.23. The van der Waals surface area contributed by atoms with E-state index in [1.807, 2.05) is 0 Å². The number of hydroxylamine groups is 3. The molecule has 140 valence electrons. The summed E-state index contributed by atoms with van der Waals surface area (Å²) in [7, 11) is 3.31. The van der Waals surface area contributed by atoms with Crippen molar-refractivity contribution in [3.8, 4) is 0 Å². The first kappa shape index (κ1) is 19.7. The minimum Gasteiger partial charge on any atom is -0.633 e. The first-order valence-corrected chi connectivity index (χ1v) is 10.3. The normalized spacial score (nSPS) is 21.2. The molecule has 4 nitrogen and oxygen atoms in total. The standard InChI is InChI=1S/C20H38N2O2/c1-22(2,24)15-9-14-21-20(23)16-19(17-10-5-3-6-11-17)18-12-7-4-8-13-18/h17-19H,3-16H2,1-2H3,(H,21,23). The largest absolute Gasteiger partial charge is 0.633 e. The first-order chi connectivity index (χ1) is 11.5. The molecule has 2 aliphatic carbocycles. The van der Waals surface area contributed by atoms with Crippen molar-refractivity contribution in [2.45, 2.75) is 77.0 Å². The van der Waals surface area contributed by atoms with Crippen molar-refractivity contribution in [3.05, 3.63) is 5.21 Å². The highest BCUT2D eigenvalue weighted by molar-refractivity contribution is 5.76. The van der Waals surface area contributed by atoms with Gasteiger partial charge in [0.05, 0.1) is 20.6 Å². The van der Waals surface area contributed by atoms with Crippen molar-refractivity contribution >= 4 is 5.91 Å². The molecule has 0 radical (unpaired) electrons. The molecule has 2 saturated carbocycles. The molecule has 0 aromatic heterocycles. The number of nitrogens with one attached hydrogen (secondary N) is 1. The van der Waals surface area contributed by atoms with Gasteiger partial charge in [0.15, 0.2) is 0 Å². The SMILES string of the molecule is C[N+](C)([O-])CCCNC(=O)CC(C1CCCCC1)C1CCCCC1. The number of amides is 1. The third-order valence-electron chi connectivity index (χ3n) is 6.13. The van der Waals surface area contributed by atoms with Gasteiger partial charge in [-0.15, -0.1) is 0 Å². The second kappa shape index (κ2) is 9.76. The van der Waals surface area contributed by atoms with Gasteiger partial charge >= 0.3 is 0 Å². The third-order valence-corrected chi connectivity index (χ3v) is 6.13. The second-order valence-corrected chi connectivity index (χ2v) is 8.67. The fourth-order valence-electron chi connectivity index (χ4n) is 4.82. The summed E-state index contributed by atoms with van der Waals surface area (Å²) in [5.41, 5.74) is 0. The lowest BCUT2D eigenvalue weighted by Crippen LogP contribution is -2.37. The van der Waals surface area contributed by atoms with Gasteiger partial charge in [-0.05, 0) is 17.8 Å². The molecule has 24 heavy (non-hydrogen) atoms. The second-order valence-electron chi connectivity index (χ2n) is 8.67.